The van der Waals surface area contributed by atoms with Gasteiger partial charge in [0.25, 0.3) is 0 Å². The summed E-state index contributed by atoms with van der Waals surface area (Å²) in [6, 6.07) is 14.1. The van der Waals surface area contributed by atoms with E-state index in [4.69, 9.17) is 4.74 Å². The topological polar surface area (TPSA) is 41.5 Å². The molecule has 0 amide bonds. The smallest absolute Gasteiger partial charge is 0.123 e. The summed E-state index contributed by atoms with van der Waals surface area (Å²) in [5, 5.41) is 13.3. The second-order valence-electron chi connectivity index (χ2n) is 5.28. The number of nitrogens with one attached hydrogen (secondary N) is 1. The number of hydrogen-bond acceptors (Lipinski definition) is 3. The van der Waals surface area contributed by atoms with Gasteiger partial charge in [-0.15, -0.1) is 0 Å². The van der Waals surface area contributed by atoms with Gasteiger partial charge in [0.15, 0.2) is 0 Å². The summed E-state index contributed by atoms with van der Waals surface area (Å²) < 4.78 is 18.9. The zero-order valence-electron chi connectivity index (χ0n) is 11.6. The molecule has 1 aliphatic rings. The Kier molecular flexibility index (Phi) is 4.18. The monoisotopic (exact) mass is 287 g/mol. The highest BCUT2D eigenvalue weighted by Gasteiger charge is 2.23. The normalized spacial score (nSPS) is 18.1. The molecule has 2 N–H and O–H groups in total. The van der Waals surface area contributed by atoms with Crippen molar-refractivity contribution in [3.05, 3.63) is 65.5 Å². The van der Waals surface area contributed by atoms with Crippen LogP contribution in [-0.2, 0) is 6.42 Å². The Labute approximate surface area is 123 Å². The van der Waals surface area contributed by atoms with E-state index in [1.165, 1.54) is 12.1 Å². The molecule has 4 heteroatoms. The van der Waals surface area contributed by atoms with Gasteiger partial charge in [0, 0.05) is 25.1 Å². The Morgan fingerprint density at radius 1 is 1.24 bits per heavy atom. The van der Waals surface area contributed by atoms with Gasteiger partial charge in [-0.05, 0) is 23.8 Å². The summed E-state index contributed by atoms with van der Waals surface area (Å²) in [6.45, 7) is 1.09. The predicted molar refractivity (Wildman–Crippen MR) is 78.8 cm³/mol. The van der Waals surface area contributed by atoms with Crippen molar-refractivity contribution in [2.75, 3.05) is 13.1 Å². The van der Waals surface area contributed by atoms with Crippen molar-refractivity contribution in [2.24, 2.45) is 0 Å². The first-order valence-electron chi connectivity index (χ1n) is 7.11. The number of aliphatic hydroxyl groups excluding tert-OH is 1. The molecule has 2 unspecified atom stereocenters. The summed E-state index contributed by atoms with van der Waals surface area (Å²) in [6.07, 6.45) is 0.152. The van der Waals surface area contributed by atoms with E-state index in [-0.39, 0.29) is 11.9 Å². The molecule has 0 radical (unpaired) electrons. The van der Waals surface area contributed by atoms with Crippen LogP contribution in [-0.4, -0.2) is 24.3 Å². The van der Waals surface area contributed by atoms with Gasteiger partial charge >= 0.3 is 0 Å². The third-order valence-corrected chi connectivity index (χ3v) is 3.66. The molecule has 21 heavy (non-hydrogen) atoms. The van der Waals surface area contributed by atoms with Crippen molar-refractivity contribution >= 4 is 0 Å². The van der Waals surface area contributed by atoms with Gasteiger partial charge in [-0.3, -0.25) is 0 Å². The summed E-state index contributed by atoms with van der Waals surface area (Å²) >= 11 is 0. The van der Waals surface area contributed by atoms with Gasteiger partial charge in [0.2, 0.25) is 0 Å². The fourth-order valence-corrected chi connectivity index (χ4v) is 2.58. The number of ether oxygens (including phenoxy) is 1. The molecule has 3 rings (SSSR count). The van der Waals surface area contributed by atoms with E-state index < -0.39 is 6.10 Å². The molecule has 2 aromatic rings. The van der Waals surface area contributed by atoms with E-state index in [9.17, 15) is 9.50 Å². The third kappa shape index (κ3) is 3.40. The number of aliphatic hydroxyl groups is 1. The third-order valence-electron chi connectivity index (χ3n) is 3.66. The molecule has 0 spiro atoms. The van der Waals surface area contributed by atoms with Crippen LogP contribution in [0.15, 0.2) is 48.5 Å². The minimum Gasteiger partial charge on any atom is -0.488 e. The lowest BCUT2D eigenvalue weighted by Crippen LogP contribution is -2.32. The average Bonchev–Trinajstić information content (AvgIpc) is 2.89. The van der Waals surface area contributed by atoms with Crippen molar-refractivity contribution in [2.45, 2.75) is 18.6 Å². The van der Waals surface area contributed by atoms with Crippen molar-refractivity contribution in [1.82, 2.24) is 5.32 Å². The Balaban J connectivity index is 1.47. The average molecular weight is 287 g/mol. The van der Waals surface area contributed by atoms with Crippen molar-refractivity contribution < 1.29 is 14.2 Å². The number of fused-ring (bicyclic) bond motifs is 1. The maximum Gasteiger partial charge on any atom is 0.123 e. The van der Waals surface area contributed by atoms with Crippen LogP contribution in [0.1, 0.15) is 17.2 Å². The molecule has 0 bridgehead atoms. The molecule has 1 heterocycles. The highest BCUT2D eigenvalue weighted by Crippen LogP contribution is 2.28. The molecule has 0 fully saturated rings. The largest absolute Gasteiger partial charge is 0.488 e. The Morgan fingerprint density at radius 3 is 2.86 bits per heavy atom. The first kappa shape index (κ1) is 14.0. The molecule has 0 aromatic heterocycles. The summed E-state index contributed by atoms with van der Waals surface area (Å²) in [4.78, 5) is 0. The molecular formula is C17H18FNO2. The van der Waals surface area contributed by atoms with Gasteiger partial charge in [-0.25, -0.2) is 4.39 Å². The Morgan fingerprint density at radius 2 is 2.05 bits per heavy atom. The van der Waals surface area contributed by atoms with Crippen LogP contribution < -0.4 is 10.1 Å². The molecule has 2 atom stereocenters. The van der Waals surface area contributed by atoms with Crippen LogP contribution in [0.2, 0.25) is 0 Å². The van der Waals surface area contributed by atoms with E-state index in [0.29, 0.717) is 19.5 Å². The number of rotatable bonds is 5. The SMILES string of the molecule is OC(CNCC1Cc2cc(F)ccc2O1)c1ccccc1. The molecule has 3 nitrogen and oxygen atoms in total. The van der Waals surface area contributed by atoms with Gasteiger partial charge in [-0.2, -0.15) is 0 Å². The predicted octanol–water partition coefficient (Wildman–Crippen LogP) is 2.45. The first-order valence-corrected chi connectivity index (χ1v) is 7.11. The molecule has 1 aliphatic heterocycles. The highest BCUT2D eigenvalue weighted by molar-refractivity contribution is 5.37. The summed E-state index contributed by atoms with van der Waals surface area (Å²) in [5.74, 6) is 0.525. The maximum absolute atomic E-state index is 13.1. The van der Waals surface area contributed by atoms with Crippen LogP contribution in [0.25, 0.3) is 0 Å². The lowest BCUT2D eigenvalue weighted by Gasteiger charge is -2.15. The standard InChI is InChI=1S/C17H18FNO2/c18-14-6-7-17-13(8-14)9-15(21-17)10-19-11-16(20)12-4-2-1-3-5-12/h1-8,15-16,19-20H,9-11H2. The highest BCUT2D eigenvalue weighted by atomic mass is 19.1. The van der Waals surface area contributed by atoms with E-state index in [0.717, 1.165) is 16.9 Å². The zero-order valence-corrected chi connectivity index (χ0v) is 11.6. The van der Waals surface area contributed by atoms with Gasteiger partial charge in [0.1, 0.15) is 17.7 Å². The lowest BCUT2D eigenvalue weighted by atomic mass is 10.1. The van der Waals surface area contributed by atoms with Gasteiger partial charge in [0.05, 0.1) is 6.10 Å². The van der Waals surface area contributed by atoms with E-state index in [1.807, 2.05) is 30.3 Å². The number of hydrogen-bond donors (Lipinski definition) is 2. The second-order valence-corrected chi connectivity index (χ2v) is 5.28. The second kappa shape index (κ2) is 6.24. The van der Waals surface area contributed by atoms with Crippen LogP contribution in [0.3, 0.4) is 0 Å². The fraction of sp³-hybridized carbons (Fsp3) is 0.294. The number of halogens is 1. The Bertz CT molecular complexity index is 603. The molecule has 0 saturated heterocycles. The van der Waals surface area contributed by atoms with Crippen LogP contribution >= 0.6 is 0 Å². The minimum atomic E-state index is -0.535. The maximum atomic E-state index is 13.1. The molecule has 0 aliphatic carbocycles. The molecule has 110 valence electrons. The quantitative estimate of drug-likeness (QED) is 0.887. The zero-order chi connectivity index (χ0) is 14.7. The summed E-state index contributed by atoms with van der Waals surface area (Å²) in [7, 11) is 0. The van der Waals surface area contributed by atoms with Crippen LogP contribution in [0.5, 0.6) is 5.75 Å². The van der Waals surface area contributed by atoms with Gasteiger partial charge < -0.3 is 15.2 Å². The van der Waals surface area contributed by atoms with E-state index in [2.05, 4.69) is 5.32 Å². The summed E-state index contributed by atoms with van der Waals surface area (Å²) in [5.41, 5.74) is 1.80. The lowest BCUT2D eigenvalue weighted by molar-refractivity contribution is 0.163. The van der Waals surface area contributed by atoms with Gasteiger partial charge in [-0.1, -0.05) is 30.3 Å². The fourth-order valence-electron chi connectivity index (χ4n) is 2.58. The van der Waals surface area contributed by atoms with Crippen LogP contribution in [0, 0.1) is 5.82 Å². The molecule has 2 aromatic carbocycles. The van der Waals surface area contributed by atoms with Crippen molar-refractivity contribution in [1.29, 1.82) is 0 Å². The number of benzene rings is 2. The Hall–Kier alpha value is -1.91. The first-order chi connectivity index (χ1) is 10.2. The molecular weight excluding hydrogens is 269 g/mol. The minimum absolute atomic E-state index is 0.00947. The van der Waals surface area contributed by atoms with E-state index >= 15 is 0 Å². The van der Waals surface area contributed by atoms with Crippen LogP contribution in [0.4, 0.5) is 4.39 Å². The van der Waals surface area contributed by atoms with E-state index in [1.54, 1.807) is 6.07 Å². The van der Waals surface area contributed by atoms with Crippen molar-refractivity contribution in [3.8, 4) is 5.75 Å². The van der Waals surface area contributed by atoms with Crippen molar-refractivity contribution in [3.63, 3.8) is 0 Å². The molecule has 0 saturated carbocycles.